The van der Waals surface area contributed by atoms with Gasteiger partial charge >= 0.3 is 12.3 Å². The molecule has 2 N–H and O–H groups in total. The van der Waals surface area contributed by atoms with Crippen molar-refractivity contribution < 1.29 is 45.5 Å². The molecule has 1 spiro atoms. The summed E-state index contributed by atoms with van der Waals surface area (Å²) in [5, 5.41) is 5.24. The average Bonchev–Trinajstić information content (AvgIpc) is 3.28. The Balaban J connectivity index is 1.33. The predicted octanol–water partition coefficient (Wildman–Crippen LogP) is 4.01. The van der Waals surface area contributed by atoms with Gasteiger partial charge in [-0.05, 0) is 64.1 Å². The van der Waals surface area contributed by atoms with Gasteiger partial charge in [0.2, 0.25) is 11.7 Å². The number of ether oxygens (including phenoxy) is 1. The van der Waals surface area contributed by atoms with Crippen molar-refractivity contribution in [3.05, 3.63) is 52.4 Å². The molecular formula is C30H36F6N6O4. The number of hydrogen-bond donors (Lipinski definition) is 2. The van der Waals surface area contributed by atoms with Gasteiger partial charge in [0.25, 0.3) is 5.91 Å². The summed E-state index contributed by atoms with van der Waals surface area (Å²) in [5.41, 5.74) is -1.65. The Morgan fingerprint density at radius 3 is 2.30 bits per heavy atom. The Morgan fingerprint density at radius 2 is 1.70 bits per heavy atom. The minimum absolute atomic E-state index is 0.0925. The molecule has 0 unspecified atom stereocenters. The molecule has 1 aromatic heterocycles. The number of fused-ring (bicyclic) bond motifs is 1. The first-order chi connectivity index (χ1) is 21.3. The third-order valence-corrected chi connectivity index (χ3v) is 8.43. The van der Waals surface area contributed by atoms with E-state index < -0.39 is 77.5 Å². The van der Waals surface area contributed by atoms with Gasteiger partial charge in [-0.3, -0.25) is 9.59 Å². The number of carbonyl (C=O) groups is 3. The van der Waals surface area contributed by atoms with E-state index in [0.29, 0.717) is 25.0 Å². The van der Waals surface area contributed by atoms with E-state index in [9.17, 15) is 40.7 Å². The number of rotatable bonds is 7. The fourth-order valence-corrected chi connectivity index (χ4v) is 6.65. The van der Waals surface area contributed by atoms with Crippen LogP contribution in [0.5, 0.6) is 0 Å². The van der Waals surface area contributed by atoms with Crippen molar-refractivity contribution in [2.45, 2.75) is 83.4 Å². The van der Waals surface area contributed by atoms with E-state index in [2.05, 4.69) is 20.5 Å². The van der Waals surface area contributed by atoms with E-state index in [0.717, 1.165) is 17.7 Å². The summed E-state index contributed by atoms with van der Waals surface area (Å²) in [6.45, 7) is 5.69. The number of aromatic nitrogens is 2. The lowest BCUT2D eigenvalue weighted by Crippen LogP contribution is -2.65. The summed E-state index contributed by atoms with van der Waals surface area (Å²) in [4.78, 5) is 46.3. The Labute approximate surface area is 261 Å². The van der Waals surface area contributed by atoms with Crippen LogP contribution in [0.15, 0.2) is 12.1 Å². The molecule has 16 heteroatoms. The molecule has 1 aromatic carbocycles. The topological polar surface area (TPSA) is 109 Å². The van der Waals surface area contributed by atoms with E-state index in [1.165, 1.54) is 4.90 Å². The molecule has 3 heterocycles. The monoisotopic (exact) mass is 658 g/mol. The van der Waals surface area contributed by atoms with Crippen LogP contribution < -0.4 is 10.6 Å². The Morgan fingerprint density at radius 1 is 1.04 bits per heavy atom. The summed E-state index contributed by atoms with van der Waals surface area (Å²) in [6, 6.07) is -0.402. The van der Waals surface area contributed by atoms with Gasteiger partial charge in [-0.25, -0.2) is 22.9 Å². The molecule has 1 saturated heterocycles. The van der Waals surface area contributed by atoms with Gasteiger partial charge in [-0.2, -0.15) is 13.2 Å². The highest BCUT2D eigenvalue weighted by atomic mass is 19.4. The standard InChI is InChI=1S/C30H36F6N6O4/c1-28(2,3)46-27(45)38-17(7-16-8-20(32)21(33)10-19(16)31)9-23(43)41-5-6-42-22(13-41)24(39-26(42)30(34,35)36)25(44)37-18-11-29(12-18)14-40(4)15-29/h8,10,17-18H,5-7,9,11-15H2,1-4H3,(H,37,44)(H,38,45)/t17-/m1/s1. The fourth-order valence-electron chi connectivity index (χ4n) is 6.65. The number of hydrogen-bond acceptors (Lipinski definition) is 6. The van der Waals surface area contributed by atoms with Crippen LogP contribution in [0.3, 0.4) is 0 Å². The molecule has 10 nitrogen and oxygen atoms in total. The Hall–Kier alpha value is -3.82. The fraction of sp³-hybridized carbons (Fsp3) is 0.600. The summed E-state index contributed by atoms with van der Waals surface area (Å²) in [7, 11) is 1.98. The average molecular weight is 659 g/mol. The normalized spacial score (nSPS) is 18.8. The van der Waals surface area contributed by atoms with Gasteiger partial charge in [-0.15, -0.1) is 0 Å². The van der Waals surface area contributed by atoms with Gasteiger partial charge < -0.3 is 29.7 Å². The van der Waals surface area contributed by atoms with Gasteiger partial charge in [0.05, 0.1) is 12.2 Å². The van der Waals surface area contributed by atoms with Gasteiger partial charge in [0.15, 0.2) is 17.3 Å². The van der Waals surface area contributed by atoms with E-state index in [-0.39, 0.29) is 42.3 Å². The van der Waals surface area contributed by atoms with Crippen molar-refractivity contribution >= 4 is 17.9 Å². The van der Waals surface area contributed by atoms with E-state index in [1.54, 1.807) is 20.8 Å². The van der Waals surface area contributed by atoms with Gasteiger partial charge in [-0.1, -0.05) is 0 Å². The lowest BCUT2D eigenvalue weighted by molar-refractivity contribution is -0.148. The summed E-state index contributed by atoms with van der Waals surface area (Å²) in [6.07, 6.45) is -5.30. The van der Waals surface area contributed by atoms with Crippen molar-refractivity contribution in [1.82, 2.24) is 30.0 Å². The molecule has 1 aliphatic carbocycles. The molecule has 1 saturated carbocycles. The van der Waals surface area contributed by atoms with Crippen molar-refractivity contribution in [1.29, 1.82) is 0 Å². The maximum absolute atomic E-state index is 14.5. The van der Waals surface area contributed by atoms with Gasteiger partial charge in [0.1, 0.15) is 11.4 Å². The molecule has 0 bridgehead atoms. The SMILES string of the molecule is CN1CC2(CC(NC(=O)c3nc(C(F)(F)F)n4c3CN(C(=O)C[C@@H](Cc3cc(F)c(F)cc3F)NC(=O)OC(C)(C)C)CC4)C2)C1. The molecule has 2 aliphatic heterocycles. The number of likely N-dealkylation sites (tertiary alicyclic amines) is 1. The number of carbonyl (C=O) groups excluding carboxylic acids is 3. The molecule has 3 amide bonds. The highest BCUT2D eigenvalue weighted by Crippen LogP contribution is 2.47. The molecular weight excluding hydrogens is 622 g/mol. The van der Waals surface area contributed by atoms with Crippen LogP contribution in [0.25, 0.3) is 0 Å². The van der Waals surface area contributed by atoms with Crippen LogP contribution in [0, 0.1) is 22.9 Å². The maximum Gasteiger partial charge on any atom is 0.449 e. The van der Waals surface area contributed by atoms with Crippen molar-refractivity contribution in [2.75, 3.05) is 26.7 Å². The quantitative estimate of drug-likeness (QED) is 0.344. The number of benzene rings is 1. The van der Waals surface area contributed by atoms with E-state index in [1.807, 2.05) is 7.05 Å². The Kier molecular flexibility index (Phi) is 8.81. The Bertz CT molecular complexity index is 1520. The van der Waals surface area contributed by atoms with Crippen molar-refractivity contribution in [3.8, 4) is 0 Å². The zero-order valence-corrected chi connectivity index (χ0v) is 25.9. The number of nitrogens with zero attached hydrogens (tertiary/aromatic N) is 4. The first-order valence-corrected chi connectivity index (χ1v) is 14.9. The number of amides is 3. The van der Waals surface area contributed by atoms with Crippen LogP contribution in [0.1, 0.15) is 67.6 Å². The summed E-state index contributed by atoms with van der Waals surface area (Å²) in [5.74, 6) is -6.49. The van der Waals surface area contributed by atoms with Crippen LogP contribution in [0.2, 0.25) is 0 Å². The predicted molar refractivity (Wildman–Crippen MR) is 151 cm³/mol. The third kappa shape index (κ3) is 7.26. The highest BCUT2D eigenvalue weighted by molar-refractivity contribution is 5.94. The number of alkyl halides is 3. The number of halogens is 6. The van der Waals surface area contributed by atoms with Gasteiger partial charge in [0, 0.05) is 50.7 Å². The molecule has 3 aliphatic rings. The smallest absolute Gasteiger partial charge is 0.444 e. The van der Waals surface area contributed by atoms with Crippen molar-refractivity contribution in [3.63, 3.8) is 0 Å². The van der Waals surface area contributed by atoms with Crippen molar-refractivity contribution in [2.24, 2.45) is 5.41 Å². The summed E-state index contributed by atoms with van der Waals surface area (Å²) >= 11 is 0. The highest BCUT2D eigenvalue weighted by Gasteiger charge is 2.52. The molecule has 2 fully saturated rings. The number of imidazole rings is 1. The minimum atomic E-state index is -4.85. The van der Waals surface area contributed by atoms with E-state index >= 15 is 0 Å². The molecule has 0 radical (unpaired) electrons. The second-order valence-corrected chi connectivity index (χ2v) is 13.6. The molecule has 5 rings (SSSR count). The lowest BCUT2D eigenvalue weighted by Gasteiger charge is -2.58. The number of alkyl carbamates (subject to hydrolysis) is 1. The molecule has 252 valence electrons. The van der Waals surface area contributed by atoms with Crippen LogP contribution in [-0.2, 0) is 35.2 Å². The van der Waals surface area contributed by atoms with Crippen LogP contribution >= 0.6 is 0 Å². The number of nitrogens with one attached hydrogen (secondary N) is 2. The lowest BCUT2D eigenvalue weighted by atomic mass is 9.61. The minimum Gasteiger partial charge on any atom is -0.444 e. The van der Waals surface area contributed by atoms with Crippen LogP contribution in [-0.4, -0.2) is 81.6 Å². The first kappa shape index (κ1) is 33.5. The molecule has 46 heavy (non-hydrogen) atoms. The maximum atomic E-state index is 14.5. The molecule has 1 atom stereocenters. The second kappa shape index (κ2) is 12.1. The summed E-state index contributed by atoms with van der Waals surface area (Å²) < 4.78 is 89.8. The molecule has 2 aromatic rings. The van der Waals surface area contributed by atoms with E-state index in [4.69, 9.17) is 4.74 Å². The van der Waals surface area contributed by atoms with Crippen LogP contribution in [0.4, 0.5) is 31.1 Å². The zero-order valence-electron chi connectivity index (χ0n) is 25.9. The first-order valence-electron chi connectivity index (χ1n) is 14.9. The second-order valence-electron chi connectivity index (χ2n) is 13.6. The third-order valence-electron chi connectivity index (χ3n) is 8.43. The zero-order chi connectivity index (χ0) is 33.8. The largest absolute Gasteiger partial charge is 0.449 e.